The summed E-state index contributed by atoms with van der Waals surface area (Å²) in [5.41, 5.74) is 4.47. The van der Waals surface area contributed by atoms with Gasteiger partial charge in [0.05, 0.1) is 12.9 Å². The summed E-state index contributed by atoms with van der Waals surface area (Å²) in [7, 11) is -2.89. The van der Waals surface area contributed by atoms with Crippen LogP contribution in [-0.4, -0.2) is 72.8 Å². The Bertz CT molecular complexity index is 2120. The van der Waals surface area contributed by atoms with Crippen LogP contribution in [0.1, 0.15) is 32.6 Å². The third-order valence-corrected chi connectivity index (χ3v) is 8.98. The molecule has 18 heteroatoms. The zero-order chi connectivity index (χ0) is 36.4. The van der Waals surface area contributed by atoms with Crippen LogP contribution in [0.25, 0.3) is 21.9 Å². The summed E-state index contributed by atoms with van der Waals surface area (Å²) in [4.78, 5) is 38.3. The summed E-state index contributed by atoms with van der Waals surface area (Å²) >= 11 is 0. The van der Waals surface area contributed by atoms with Crippen molar-refractivity contribution in [1.82, 2.24) is 19.5 Å². The molecule has 6 atom stereocenters. The average Bonchev–Trinajstić information content (AvgIpc) is 3.60. The molecule has 0 aliphatic carbocycles. The van der Waals surface area contributed by atoms with Crippen LogP contribution in [-0.2, 0) is 20.9 Å². The van der Waals surface area contributed by atoms with E-state index in [0.717, 1.165) is 12.1 Å². The van der Waals surface area contributed by atoms with E-state index in [2.05, 4.69) is 19.7 Å². The number of benzene rings is 3. The molecule has 1 aliphatic heterocycles. The minimum absolute atomic E-state index is 0.0268. The molecule has 1 saturated heterocycles. The molecule has 51 heavy (non-hydrogen) atoms. The number of nitrogen functional groups attached to an aromatic ring is 1. The molecule has 1 fully saturated rings. The second-order valence-electron chi connectivity index (χ2n) is 11.7. The maximum atomic E-state index is 13.9. The van der Waals surface area contributed by atoms with Crippen molar-refractivity contribution in [2.24, 2.45) is 4.74 Å². The number of carbonyl (C=O) groups is 1. The molecule has 0 bridgehead atoms. The van der Waals surface area contributed by atoms with Crippen molar-refractivity contribution < 1.29 is 52.2 Å². The van der Waals surface area contributed by atoms with E-state index in [1.807, 2.05) is 0 Å². The van der Waals surface area contributed by atoms with Gasteiger partial charge in [-0.2, -0.15) is 9.97 Å². The molecule has 6 rings (SSSR count). The minimum atomic E-state index is -2.89. The number of anilines is 1. The van der Waals surface area contributed by atoms with Gasteiger partial charge in [-0.25, -0.2) is 18.6 Å². The molecule has 4 N–H and O–H groups in total. The number of hydrogen-bond donors (Lipinski definition) is 3. The average molecular weight is 727 g/mol. The molecule has 3 heterocycles. The van der Waals surface area contributed by atoms with E-state index in [9.17, 15) is 28.7 Å². The lowest BCUT2D eigenvalue weighted by Crippen LogP contribution is -2.44. The van der Waals surface area contributed by atoms with Crippen molar-refractivity contribution in [2.45, 2.75) is 57.5 Å². The molecule has 2 aromatic heterocycles. The Hall–Kier alpha value is -5.06. The second kappa shape index (κ2) is 14.7. The number of esters is 1. The Balaban J connectivity index is 1.19. The van der Waals surface area contributed by atoms with Gasteiger partial charge < -0.3 is 39.8 Å². The molecule has 0 radical (unpaired) electrons. The van der Waals surface area contributed by atoms with E-state index in [-0.39, 0.29) is 46.7 Å². The lowest BCUT2D eigenvalue weighted by Gasteiger charge is -2.27. The zero-order valence-corrected chi connectivity index (χ0v) is 28.4. The Kier molecular flexibility index (Phi) is 10.3. The molecule has 268 valence electrons. The fraction of sp³-hybridized carbons (Fsp3) is 0.333. The minimum Gasteiger partial charge on any atom is -0.575 e. The van der Waals surface area contributed by atoms with Crippen LogP contribution in [0.15, 0.2) is 65.7 Å². The van der Waals surface area contributed by atoms with Crippen LogP contribution in [0.2, 0.25) is 0 Å². The van der Waals surface area contributed by atoms with Gasteiger partial charge in [-0.3, -0.25) is 9.09 Å². The number of aliphatic hydroxyl groups excluding tert-OH is 1. The van der Waals surface area contributed by atoms with Gasteiger partial charge in [-0.05, 0) is 44.4 Å². The summed E-state index contributed by atoms with van der Waals surface area (Å²) in [5, 5.41) is 23.8. The van der Waals surface area contributed by atoms with Crippen molar-refractivity contribution in [3.8, 4) is 17.4 Å². The number of halogens is 2. The highest BCUT2D eigenvalue weighted by Crippen LogP contribution is 2.43. The summed E-state index contributed by atoms with van der Waals surface area (Å²) < 4.78 is 60.9. The Morgan fingerprint density at radius 1 is 1.20 bits per heavy atom. The molecule has 2 unspecified atom stereocenters. The zero-order valence-electron chi connectivity index (χ0n) is 27.5. The predicted molar refractivity (Wildman–Crippen MR) is 176 cm³/mol. The van der Waals surface area contributed by atoms with Gasteiger partial charge in [0.15, 0.2) is 29.2 Å². The molecular formula is C33H33F2N6O9P. The monoisotopic (exact) mass is 726 g/mol. The maximum Gasteiger partial charge on any atom is 0.395 e. The van der Waals surface area contributed by atoms with E-state index >= 15 is 0 Å². The van der Waals surface area contributed by atoms with Gasteiger partial charge in [-0.15, -0.1) is 0 Å². The van der Waals surface area contributed by atoms with Gasteiger partial charge in [0.25, 0.3) is 0 Å². The smallest absolute Gasteiger partial charge is 0.395 e. The number of fused-ring (bicyclic) bond motifs is 2. The molecular weight excluding hydrogens is 693 g/mol. The normalized spacial score (nSPS) is 21.2. The fourth-order valence-corrected chi connectivity index (χ4v) is 6.26. The largest absolute Gasteiger partial charge is 0.575 e. The van der Waals surface area contributed by atoms with Crippen molar-refractivity contribution in [3.63, 3.8) is 0 Å². The van der Waals surface area contributed by atoms with E-state index < -0.39 is 62.5 Å². The first-order chi connectivity index (χ1) is 24.4. The second-order valence-corrected chi connectivity index (χ2v) is 12.6. The Morgan fingerprint density at radius 2 is 1.98 bits per heavy atom. The van der Waals surface area contributed by atoms with Crippen LogP contribution in [0, 0.1) is 11.6 Å². The molecule has 5 aromatic rings. The van der Waals surface area contributed by atoms with Crippen LogP contribution in [0.3, 0.4) is 0 Å². The lowest BCUT2D eigenvalue weighted by atomic mass is 9.96. The number of nitrogens with zero attached hydrogens (tertiary/aromatic N) is 5. The summed E-state index contributed by atoms with van der Waals surface area (Å²) in [6, 6.07) is 11.9. The van der Waals surface area contributed by atoms with Crippen molar-refractivity contribution in [2.75, 3.05) is 18.9 Å². The number of hydrogen-bond acceptors (Lipinski definition) is 14. The van der Waals surface area contributed by atoms with Crippen LogP contribution < -0.4 is 24.6 Å². The first-order valence-corrected chi connectivity index (χ1v) is 16.8. The number of aliphatic hydroxyl groups is 2. The molecule has 15 nitrogen and oxygen atoms in total. The topological polar surface area (TPSA) is 209 Å². The summed E-state index contributed by atoms with van der Waals surface area (Å²) in [6.07, 6.45) is -2.37. The van der Waals surface area contributed by atoms with Gasteiger partial charge >= 0.3 is 14.1 Å². The highest BCUT2D eigenvalue weighted by atomic mass is 31.1. The number of rotatable bonds is 12. The van der Waals surface area contributed by atoms with Crippen molar-refractivity contribution >= 4 is 42.0 Å². The Labute approximate surface area is 290 Å². The number of nitrogens with two attached hydrogens (primary N) is 1. The standard InChI is InChI=1S/C33H33F2N6O9P/c1-4-46-29-25-28(38-32(36)39-29)41(16-37-25)31-33(3,44)27(42)24(49-31)15-47-23-12-10-18-7-5-6-8-21(18)26(23)50-51(45)40-17(2)30(43)48-14-19-9-11-20(34)13-22(19)35/h5-13,16-17,24,27,31,42,44H,4,14-15H2,1-3H3,(H2,36,38,39)/t17-,24+,27+,31?,33+/m0/s1. The van der Waals surface area contributed by atoms with E-state index in [4.69, 9.17) is 29.2 Å². The van der Waals surface area contributed by atoms with E-state index in [1.165, 1.54) is 24.7 Å². The molecule has 0 saturated carbocycles. The fourth-order valence-electron chi connectivity index (χ4n) is 5.49. The Morgan fingerprint density at radius 3 is 2.75 bits per heavy atom. The molecule has 3 aromatic carbocycles. The first kappa shape index (κ1) is 35.8. The SMILES string of the molecule is CCOc1nc(N)nc2c1ncn2C1O[C@H](COc2ccc3ccccc3c2O[P+]([O-])=N[C@@H](C)C(=O)OCc2ccc(F)cc2F)[C@@H](O)[C@@]1(C)O. The predicted octanol–water partition coefficient (Wildman–Crippen LogP) is 3.69. The summed E-state index contributed by atoms with van der Waals surface area (Å²) in [5.74, 6) is -2.39. The van der Waals surface area contributed by atoms with Gasteiger partial charge in [-0.1, -0.05) is 35.1 Å². The number of ether oxygens (including phenoxy) is 4. The van der Waals surface area contributed by atoms with Crippen LogP contribution >= 0.6 is 8.17 Å². The van der Waals surface area contributed by atoms with Gasteiger partial charge in [0, 0.05) is 17.0 Å². The number of imidazole rings is 1. The third-order valence-electron chi connectivity index (χ3n) is 8.10. The highest BCUT2D eigenvalue weighted by Gasteiger charge is 2.54. The highest BCUT2D eigenvalue weighted by molar-refractivity contribution is 7.34. The van der Waals surface area contributed by atoms with E-state index in [1.54, 1.807) is 43.3 Å². The van der Waals surface area contributed by atoms with Crippen LogP contribution in [0.4, 0.5) is 14.7 Å². The van der Waals surface area contributed by atoms with Crippen molar-refractivity contribution in [1.29, 1.82) is 0 Å². The third kappa shape index (κ3) is 7.38. The summed E-state index contributed by atoms with van der Waals surface area (Å²) in [6.45, 7) is 3.99. The van der Waals surface area contributed by atoms with E-state index in [0.29, 0.717) is 23.4 Å². The quantitative estimate of drug-likeness (QED) is 0.124. The van der Waals surface area contributed by atoms with Gasteiger partial charge in [0.2, 0.25) is 17.6 Å². The molecule has 0 amide bonds. The number of carbonyl (C=O) groups excluding carboxylic acids is 1. The molecule has 1 aliphatic rings. The maximum absolute atomic E-state index is 13.9. The van der Waals surface area contributed by atoms with Crippen molar-refractivity contribution in [3.05, 3.63) is 78.1 Å². The number of aromatic nitrogens is 4. The van der Waals surface area contributed by atoms with Crippen LogP contribution in [0.5, 0.6) is 17.4 Å². The first-order valence-electron chi connectivity index (χ1n) is 15.7. The van der Waals surface area contributed by atoms with Gasteiger partial charge in [0.1, 0.15) is 42.7 Å². The lowest BCUT2D eigenvalue weighted by molar-refractivity contribution is -0.169. The molecule has 0 spiro atoms.